The van der Waals surface area contributed by atoms with E-state index in [0.717, 1.165) is 11.6 Å². The standard InChI is InChI=1S/C22H30N2O7/c1-4-28-11-10-16(25)23-21(27)24-17-18(26)15(19-20(17)31-22(2,3)30-19)13-29-12-14-8-6-5-7-9-14/h5-11,15,17-20,26H,4,12-13H2,1-3H3,(H2,23,24,25,27). The Hall–Kier alpha value is -2.46. The van der Waals surface area contributed by atoms with E-state index in [1.165, 1.54) is 6.26 Å². The Morgan fingerprint density at radius 3 is 2.61 bits per heavy atom. The third-order valence-electron chi connectivity index (χ3n) is 5.18. The van der Waals surface area contributed by atoms with Gasteiger partial charge in [-0.15, -0.1) is 0 Å². The van der Waals surface area contributed by atoms with Crippen LogP contribution in [-0.4, -0.2) is 60.4 Å². The summed E-state index contributed by atoms with van der Waals surface area (Å²) in [5, 5.41) is 15.7. The first-order valence-electron chi connectivity index (χ1n) is 10.4. The first-order valence-corrected chi connectivity index (χ1v) is 10.4. The number of carbonyl (C=O) groups is 2. The number of benzene rings is 1. The van der Waals surface area contributed by atoms with E-state index in [9.17, 15) is 14.7 Å². The zero-order valence-corrected chi connectivity index (χ0v) is 17.9. The van der Waals surface area contributed by atoms with Crippen LogP contribution in [-0.2, 0) is 30.3 Å². The Bertz CT molecular complexity index is 783. The van der Waals surface area contributed by atoms with Gasteiger partial charge in [-0.2, -0.15) is 0 Å². The molecule has 31 heavy (non-hydrogen) atoms. The molecule has 1 aromatic rings. The van der Waals surface area contributed by atoms with Gasteiger partial charge in [-0.25, -0.2) is 4.79 Å². The summed E-state index contributed by atoms with van der Waals surface area (Å²) in [6.07, 6.45) is 0.311. The minimum atomic E-state index is -0.971. The van der Waals surface area contributed by atoms with Crippen molar-refractivity contribution in [3.05, 3.63) is 48.2 Å². The van der Waals surface area contributed by atoms with Crippen molar-refractivity contribution in [1.82, 2.24) is 10.6 Å². The van der Waals surface area contributed by atoms with Crippen LogP contribution >= 0.6 is 0 Å². The van der Waals surface area contributed by atoms with Crippen LogP contribution in [0.1, 0.15) is 26.3 Å². The fourth-order valence-electron chi connectivity index (χ4n) is 3.88. The highest BCUT2D eigenvalue weighted by Crippen LogP contribution is 2.42. The Morgan fingerprint density at radius 1 is 1.19 bits per heavy atom. The lowest BCUT2D eigenvalue weighted by molar-refractivity contribution is -0.171. The zero-order chi connectivity index (χ0) is 22.4. The number of aliphatic hydroxyl groups excluding tert-OH is 1. The third-order valence-corrected chi connectivity index (χ3v) is 5.18. The Morgan fingerprint density at radius 2 is 1.90 bits per heavy atom. The number of rotatable bonds is 8. The summed E-state index contributed by atoms with van der Waals surface area (Å²) in [7, 11) is 0. The molecule has 0 spiro atoms. The van der Waals surface area contributed by atoms with Crippen LogP contribution in [0.5, 0.6) is 0 Å². The predicted octanol–water partition coefficient (Wildman–Crippen LogP) is 1.46. The second kappa shape index (κ2) is 10.2. The molecule has 2 fully saturated rings. The monoisotopic (exact) mass is 434 g/mol. The Balaban J connectivity index is 1.60. The molecular weight excluding hydrogens is 404 g/mol. The van der Waals surface area contributed by atoms with Crippen molar-refractivity contribution >= 4 is 11.9 Å². The minimum absolute atomic E-state index is 0.229. The second-order valence-corrected chi connectivity index (χ2v) is 7.97. The van der Waals surface area contributed by atoms with E-state index in [2.05, 4.69) is 10.6 Å². The van der Waals surface area contributed by atoms with Gasteiger partial charge in [-0.3, -0.25) is 10.1 Å². The molecule has 3 N–H and O–H groups in total. The van der Waals surface area contributed by atoms with Crippen LogP contribution in [0, 0.1) is 5.92 Å². The third kappa shape index (κ3) is 6.04. The van der Waals surface area contributed by atoms with Crippen LogP contribution in [0.3, 0.4) is 0 Å². The average Bonchev–Trinajstić information content (AvgIpc) is 3.15. The lowest BCUT2D eigenvalue weighted by Crippen LogP contribution is -2.52. The highest BCUT2D eigenvalue weighted by Gasteiger charge is 2.59. The lowest BCUT2D eigenvalue weighted by Gasteiger charge is -2.27. The fourth-order valence-corrected chi connectivity index (χ4v) is 3.88. The average molecular weight is 434 g/mol. The number of nitrogens with one attached hydrogen (secondary N) is 2. The molecule has 9 nitrogen and oxygen atoms in total. The van der Waals surface area contributed by atoms with Crippen molar-refractivity contribution in [2.45, 2.75) is 57.5 Å². The van der Waals surface area contributed by atoms with E-state index >= 15 is 0 Å². The number of ether oxygens (including phenoxy) is 4. The van der Waals surface area contributed by atoms with Gasteiger partial charge in [-0.05, 0) is 26.3 Å². The molecule has 3 rings (SSSR count). The largest absolute Gasteiger partial charge is 0.501 e. The summed E-state index contributed by atoms with van der Waals surface area (Å²) >= 11 is 0. The van der Waals surface area contributed by atoms with Gasteiger partial charge in [0.15, 0.2) is 5.79 Å². The Labute approximate surface area is 181 Å². The number of urea groups is 1. The molecule has 1 aliphatic carbocycles. The van der Waals surface area contributed by atoms with E-state index in [1.54, 1.807) is 20.8 Å². The van der Waals surface area contributed by atoms with Gasteiger partial charge in [0.1, 0.15) is 6.10 Å². The van der Waals surface area contributed by atoms with E-state index < -0.39 is 48.0 Å². The van der Waals surface area contributed by atoms with Gasteiger partial charge in [0.25, 0.3) is 5.91 Å². The highest BCUT2D eigenvalue weighted by atomic mass is 16.8. The van der Waals surface area contributed by atoms with Gasteiger partial charge in [0.2, 0.25) is 0 Å². The smallest absolute Gasteiger partial charge is 0.322 e. The van der Waals surface area contributed by atoms with Crippen LogP contribution in [0.4, 0.5) is 4.79 Å². The van der Waals surface area contributed by atoms with Gasteiger partial charge in [0, 0.05) is 12.0 Å². The molecule has 0 bridgehead atoms. The number of hydrogen-bond donors (Lipinski definition) is 3. The molecular formula is C22H30N2O7. The number of imide groups is 1. The topological polar surface area (TPSA) is 115 Å². The van der Waals surface area contributed by atoms with Gasteiger partial charge >= 0.3 is 6.03 Å². The molecule has 0 radical (unpaired) electrons. The van der Waals surface area contributed by atoms with Crippen molar-refractivity contribution in [3.63, 3.8) is 0 Å². The molecule has 1 heterocycles. The first kappa shape index (κ1) is 23.2. The van der Waals surface area contributed by atoms with Crippen LogP contribution < -0.4 is 10.6 Å². The van der Waals surface area contributed by atoms with E-state index in [-0.39, 0.29) is 6.61 Å². The van der Waals surface area contributed by atoms with Crippen molar-refractivity contribution in [2.24, 2.45) is 5.92 Å². The zero-order valence-electron chi connectivity index (χ0n) is 17.9. The van der Waals surface area contributed by atoms with Crippen molar-refractivity contribution in [1.29, 1.82) is 0 Å². The van der Waals surface area contributed by atoms with Crippen molar-refractivity contribution < 1.29 is 33.6 Å². The maximum atomic E-state index is 12.3. The van der Waals surface area contributed by atoms with Crippen molar-refractivity contribution in [2.75, 3.05) is 13.2 Å². The molecule has 0 aromatic heterocycles. The molecule has 5 unspecified atom stereocenters. The van der Waals surface area contributed by atoms with Crippen LogP contribution in [0.15, 0.2) is 42.7 Å². The molecule has 5 atom stereocenters. The van der Waals surface area contributed by atoms with Crippen molar-refractivity contribution in [3.8, 4) is 0 Å². The first-order chi connectivity index (χ1) is 14.8. The number of aliphatic hydroxyl groups is 1. The molecule has 1 saturated heterocycles. The molecule has 2 aliphatic rings. The van der Waals surface area contributed by atoms with Gasteiger partial charge in [0.05, 0.1) is 44.3 Å². The molecule has 3 amide bonds. The minimum Gasteiger partial charge on any atom is -0.501 e. The predicted molar refractivity (Wildman–Crippen MR) is 111 cm³/mol. The normalized spacial score (nSPS) is 29.0. The summed E-state index contributed by atoms with van der Waals surface area (Å²) in [6, 6.07) is 8.20. The SMILES string of the molecule is CCOC=CC(=O)NC(=O)NC1C(O)C(COCc2ccccc2)C2OC(C)(C)OC12. The molecule has 9 heteroatoms. The molecule has 1 aromatic carbocycles. The molecule has 170 valence electrons. The maximum absolute atomic E-state index is 12.3. The maximum Gasteiger partial charge on any atom is 0.322 e. The molecule has 1 aliphatic heterocycles. The highest BCUT2D eigenvalue weighted by molar-refractivity contribution is 6.00. The molecule has 1 saturated carbocycles. The van der Waals surface area contributed by atoms with E-state index in [1.807, 2.05) is 30.3 Å². The van der Waals surface area contributed by atoms with E-state index in [0.29, 0.717) is 13.2 Å². The second-order valence-electron chi connectivity index (χ2n) is 7.97. The number of hydrogen-bond acceptors (Lipinski definition) is 7. The Kier molecular flexibility index (Phi) is 7.66. The lowest BCUT2D eigenvalue weighted by atomic mass is 10.0. The summed E-state index contributed by atoms with van der Waals surface area (Å²) in [5.74, 6) is -1.91. The van der Waals surface area contributed by atoms with Gasteiger partial charge < -0.3 is 29.4 Å². The summed E-state index contributed by atoms with van der Waals surface area (Å²) in [6.45, 7) is 6.36. The quantitative estimate of drug-likeness (QED) is 0.419. The summed E-state index contributed by atoms with van der Waals surface area (Å²) < 4.78 is 22.7. The van der Waals surface area contributed by atoms with Crippen LogP contribution in [0.25, 0.3) is 0 Å². The summed E-state index contributed by atoms with van der Waals surface area (Å²) in [4.78, 5) is 24.1. The number of carbonyl (C=O) groups excluding carboxylic acids is 2. The number of fused-ring (bicyclic) bond motifs is 1. The van der Waals surface area contributed by atoms with E-state index in [4.69, 9.17) is 18.9 Å². The fraction of sp³-hybridized carbons (Fsp3) is 0.545. The van der Waals surface area contributed by atoms with Gasteiger partial charge in [-0.1, -0.05) is 30.3 Å². The summed E-state index contributed by atoms with van der Waals surface area (Å²) in [5.41, 5.74) is 1.02. The van der Waals surface area contributed by atoms with Crippen LogP contribution in [0.2, 0.25) is 0 Å². The number of amides is 3.